The predicted molar refractivity (Wildman–Crippen MR) is 124 cm³/mol. The van der Waals surface area contributed by atoms with Gasteiger partial charge in [0.05, 0.1) is 29.5 Å². The van der Waals surface area contributed by atoms with Gasteiger partial charge in [0.1, 0.15) is 12.3 Å². The number of hydrogen-bond donors (Lipinski definition) is 1. The molecule has 1 aromatic carbocycles. The van der Waals surface area contributed by atoms with Gasteiger partial charge in [-0.25, -0.2) is 13.4 Å². The summed E-state index contributed by atoms with van der Waals surface area (Å²) in [5.41, 5.74) is 4.51. The van der Waals surface area contributed by atoms with E-state index in [9.17, 15) is 31.2 Å². The van der Waals surface area contributed by atoms with Gasteiger partial charge >= 0.3 is 6.18 Å². The van der Waals surface area contributed by atoms with Crippen LogP contribution in [0.15, 0.2) is 59.9 Å². The molecule has 0 bridgehead atoms. The monoisotopic (exact) mass is 522 g/mol. The van der Waals surface area contributed by atoms with Crippen LogP contribution in [0.3, 0.4) is 0 Å². The number of halogens is 3. The second-order valence-corrected chi connectivity index (χ2v) is 9.60. The number of ether oxygens (including phenoxy) is 1. The molecule has 0 aliphatic rings. The Morgan fingerprint density at radius 2 is 1.92 bits per heavy atom. The van der Waals surface area contributed by atoms with Crippen molar-refractivity contribution in [1.29, 1.82) is 0 Å². The van der Waals surface area contributed by atoms with Crippen molar-refractivity contribution in [3.05, 3.63) is 66.1 Å². The molecule has 2 heterocycles. The number of carbonyl (C=O) groups excluding carboxylic acids is 2. The second-order valence-electron chi connectivity index (χ2n) is 7.58. The Morgan fingerprint density at radius 1 is 1.19 bits per heavy atom. The minimum absolute atomic E-state index is 0.0228. The fraction of sp³-hybridized carbons (Fsp3) is 0.217. The van der Waals surface area contributed by atoms with Crippen LogP contribution >= 0.6 is 0 Å². The third kappa shape index (κ3) is 5.52. The number of hydrogen-bond acceptors (Lipinski definition) is 8. The second kappa shape index (κ2) is 10.4. The van der Waals surface area contributed by atoms with Gasteiger partial charge in [-0.15, -0.1) is 0 Å². The maximum absolute atomic E-state index is 13.7. The van der Waals surface area contributed by atoms with Crippen molar-refractivity contribution in [3.63, 3.8) is 0 Å². The Balaban J connectivity index is 2.30. The number of aromatic nitrogens is 2. The quantitative estimate of drug-likeness (QED) is 0.447. The average Bonchev–Trinajstić information content (AvgIpc) is 2.85. The van der Waals surface area contributed by atoms with Crippen molar-refractivity contribution in [2.45, 2.75) is 17.1 Å². The zero-order valence-electron chi connectivity index (χ0n) is 19.1. The van der Waals surface area contributed by atoms with Crippen LogP contribution in [0, 0.1) is 0 Å². The number of pyridine rings is 2. The lowest BCUT2D eigenvalue weighted by molar-refractivity contribution is -0.137. The van der Waals surface area contributed by atoms with Crippen molar-refractivity contribution < 1.29 is 35.9 Å². The molecule has 190 valence electrons. The number of nitrogens with two attached hydrogens (primary N) is 1. The minimum atomic E-state index is -4.94. The Bertz CT molecular complexity index is 1400. The topological polar surface area (TPSA) is 133 Å². The summed E-state index contributed by atoms with van der Waals surface area (Å²) in [6, 6.07) is 5.17. The van der Waals surface area contributed by atoms with E-state index in [1.807, 2.05) is 0 Å². The molecule has 0 fully saturated rings. The zero-order valence-corrected chi connectivity index (χ0v) is 19.9. The van der Waals surface area contributed by atoms with Crippen LogP contribution in [0.1, 0.15) is 15.9 Å². The van der Waals surface area contributed by atoms with Crippen molar-refractivity contribution in [2.75, 3.05) is 24.8 Å². The van der Waals surface area contributed by atoms with Crippen molar-refractivity contribution >= 4 is 27.7 Å². The van der Waals surface area contributed by atoms with Crippen LogP contribution in [0.4, 0.5) is 18.9 Å². The number of alkyl halides is 3. The summed E-state index contributed by atoms with van der Waals surface area (Å²) in [5, 5.41) is 0. The number of anilines is 1. The fourth-order valence-electron chi connectivity index (χ4n) is 3.46. The van der Waals surface area contributed by atoms with E-state index in [0.29, 0.717) is 29.5 Å². The van der Waals surface area contributed by atoms with E-state index in [4.69, 9.17) is 10.5 Å². The molecule has 36 heavy (non-hydrogen) atoms. The molecule has 1 unspecified atom stereocenters. The lowest BCUT2D eigenvalue weighted by Gasteiger charge is -2.29. The first-order chi connectivity index (χ1) is 16.9. The third-order valence-corrected chi connectivity index (χ3v) is 6.26. The van der Waals surface area contributed by atoms with Gasteiger partial charge < -0.3 is 15.3 Å². The number of sulfone groups is 1. The van der Waals surface area contributed by atoms with Gasteiger partial charge in [0.25, 0.3) is 5.91 Å². The van der Waals surface area contributed by atoms with Gasteiger partial charge in [0.15, 0.2) is 9.84 Å². The van der Waals surface area contributed by atoms with E-state index >= 15 is 0 Å². The van der Waals surface area contributed by atoms with Crippen molar-refractivity contribution in [2.24, 2.45) is 5.73 Å². The molecule has 9 nitrogen and oxygen atoms in total. The van der Waals surface area contributed by atoms with Crippen LogP contribution in [-0.4, -0.2) is 56.5 Å². The number of rotatable bonds is 8. The zero-order chi connectivity index (χ0) is 26.7. The summed E-state index contributed by atoms with van der Waals surface area (Å²) in [5.74, 6) is -0.920. The number of amides is 1. The normalized spacial score (nSPS) is 12.6. The highest BCUT2D eigenvalue weighted by Crippen LogP contribution is 2.37. The van der Waals surface area contributed by atoms with Gasteiger partial charge in [0.2, 0.25) is 5.88 Å². The highest BCUT2D eigenvalue weighted by molar-refractivity contribution is 7.90. The van der Waals surface area contributed by atoms with E-state index in [1.54, 1.807) is 12.1 Å². The number of benzene rings is 1. The highest BCUT2D eigenvalue weighted by atomic mass is 32.2. The molecule has 0 radical (unpaired) electrons. The van der Waals surface area contributed by atoms with Crippen molar-refractivity contribution in [3.8, 4) is 17.0 Å². The number of carbonyl (C=O) groups is 2. The van der Waals surface area contributed by atoms with E-state index in [-0.39, 0.29) is 18.1 Å². The number of aldehydes is 1. The van der Waals surface area contributed by atoms with Crippen LogP contribution in [-0.2, 0) is 20.8 Å². The summed E-state index contributed by atoms with van der Waals surface area (Å²) in [7, 11) is -2.75. The standard InChI is InChI=1S/C23H21F3N4O5S/c1-35-21-19(4-3-6-29-21)18-5-7-28-12-20(18)30(16(11-27)13-31)22(32)14-8-15(23(24,25)26)10-17(9-14)36(2,33)34/h3-10,12-13,16H,11,27H2,1-2H3. The SMILES string of the molecule is COc1ncccc1-c1ccncc1N(C(=O)c1cc(C(F)(F)F)cc(S(C)(=O)=O)c1)C(C=O)CN. The van der Waals surface area contributed by atoms with Crippen LogP contribution in [0.25, 0.3) is 11.1 Å². The Labute approximate surface area is 204 Å². The third-order valence-electron chi connectivity index (χ3n) is 5.17. The lowest BCUT2D eigenvalue weighted by atomic mass is 10.0. The molecule has 1 atom stereocenters. The summed E-state index contributed by atoms with van der Waals surface area (Å²) in [6.07, 6.45) is 0.239. The maximum Gasteiger partial charge on any atom is 0.416 e. The molecule has 0 saturated heterocycles. The highest BCUT2D eigenvalue weighted by Gasteiger charge is 2.35. The molecular weight excluding hydrogens is 501 g/mol. The first-order valence-corrected chi connectivity index (χ1v) is 12.2. The number of nitrogens with zero attached hydrogens (tertiary/aromatic N) is 3. The Kier molecular flexibility index (Phi) is 7.74. The molecule has 3 aromatic rings. The van der Waals surface area contributed by atoms with Crippen molar-refractivity contribution in [1.82, 2.24) is 9.97 Å². The van der Waals surface area contributed by atoms with E-state index in [1.165, 1.54) is 31.8 Å². The molecule has 0 saturated carbocycles. The Hall–Kier alpha value is -3.84. The summed E-state index contributed by atoms with van der Waals surface area (Å²) >= 11 is 0. The van der Waals surface area contributed by atoms with E-state index in [0.717, 1.165) is 17.2 Å². The van der Waals surface area contributed by atoms with Crippen LogP contribution in [0.2, 0.25) is 0 Å². The number of methoxy groups -OCH3 is 1. The fourth-order valence-corrected chi connectivity index (χ4v) is 4.15. The molecular formula is C23H21F3N4O5S. The van der Waals surface area contributed by atoms with Crippen LogP contribution in [0.5, 0.6) is 5.88 Å². The van der Waals surface area contributed by atoms with Gasteiger partial charge in [0, 0.05) is 41.9 Å². The van der Waals surface area contributed by atoms with E-state index in [2.05, 4.69) is 9.97 Å². The molecule has 2 aromatic heterocycles. The van der Waals surface area contributed by atoms with Gasteiger partial charge in [-0.05, 0) is 36.4 Å². The summed E-state index contributed by atoms with van der Waals surface area (Å²) in [4.78, 5) is 33.9. The molecule has 0 aliphatic carbocycles. The van der Waals surface area contributed by atoms with Gasteiger partial charge in [-0.3, -0.25) is 14.7 Å². The maximum atomic E-state index is 13.7. The largest absolute Gasteiger partial charge is 0.481 e. The average molecular weight is 523 g/mol. The van der Waals surface area contributed by atoms with E-state index < -0.39 is 44.0 Å². The molecule has 3 rings (SSSR count). The smallest absolute Gasteiger partial charge is 0.416 e. The lowest BCUT2D eigenvalue weighted by Crippen LogP contribution is -2.46. The Morgan fingerprint density at radius 3 is 2.50 bits per heavy atom. The molecule has 1 amide bonds. The molecule has 0 aliphatic heterocycles. The molecule has 0 spiro atoms. The van der Waals surface area contributed by atoms with Gasteiger partial charge in [-0.2, -0.15) is 13.2 Å². The van der Waals surface area contributed by atoms with Crippen LogP contribution < -0.4 is 15.4 Å². The first kappa shape index (κ1) is 26.8. The predicted octanol–water partition coefficient (Wildman–Crippen LogP) is 2.75. The van der Waals surface area contributed by atoms with Gasteiger partial charge in [-0.1, -0.05) is 0 Å². The first-order valence-electron chi connectivity index (χ1n) is 10.3. The summed E-state index contributed by atoms with van der Waals surface area (Å²) in [6.45, 7) is -0.383. The molecule has 2 N–H and O–H groups in total. The molecule has 13 heteroatoms. The minimum Gasteiger partial charge on any atom is -0.481 e. The summed E-state index contributed by atoms with van der Waals surface area (Å²) < 4.78 is 70.1.